The molecule has 0 aliphatic heterocycles. The van der Waals surface area contributed by atoms with Gasteiger partial charge in [-0.15, -0.1) is 0 Å². The first-order valence-corrected chi connectivity index (χ1v) is 5.86. The summed E-state index contributed by atoms with van der Waals surface area (Å²) >= 11 is 0. The minimum absolute atomic E-state index is 0.164. The van der Waals surface area contributed by atoms with Crippen LogP contribution in [0, 0.1) is 18.3 Å². The summed E-state index contributed by atoms with van der Waals surface area (Å²) in [7, 11) is 3.13. The molecule has 1 heterocycles. The van der Waals surface area contributed by atoms with Crippen molar-refractivity contribution in [1.29, 1.82) is 5.26 Å². The van der Waals surface area contributed by atoms with Gasteiger partial charge in [0.1, 0.15) is 28.9 Å². The van der Waals surface area contributed by atoms with Crippen LogP contribution < -0.4 is 15.2 Å². The number of benzene rings is 1. The Morgan fingerprint density at radius 3 is 2.15 bits per heavy atom. The van der Waals surface area contributed by atoms with E-state index < -0.39 is 0 Å². The summed E-state index contributed by atoms with van der Waals surface area (Å²) in [5, 5.41) is 8.98. The smallest absolute Gasteiger partial charge is 0.162 e. The minimum Gasteiger partial charge on any atom is -0.497 e. The normalized spacial score (nSPS) is 9.90. The third-order valence-electron chi connectivity index (χ3n) is 2.84. The van der Waals surface area contributed by atoms with Gasteiger partial charge in [0, 0.05) is 11.6 Å². The Labute approximate surface area is 116 Å². The first kappa shape index (κ1) is 13.6. The van der Waals surface area contributed by atoms with E-state index in [1.165, 1.54) is 0 Å². The molecule has 0 amide bonds. The predicted octanol–water partition coefficient (Wildman–Crippen LogP) is 1.92. The number of anilines is 1. The fourth-order valence-electron chi connectivity index (χ4n) is 1.80. The number of nitriles is 1. The van der Waals surface area contributed by atoms with Crippen LogP contribution in [0.4, 0.5) is 5.82 Å². The second kappa shape index (κ2) is 5.45. The fraction of sp³-hybridized carbons (Fsp3) is 0.214. The molecule has 0 unspecified atom stereocenters. The molecule has 0 atom stereocenters. The van der Waals surface area contributed by atoms with E-state index in [-0.39, 0.29) is 5.82 Å². The van der Waals surface area contributed by atoms with Gasteiger partial charge >= 0.3 is 0 Å². The first-order valence-electron chi connectivity index (χ1n) is 5.86. The van der Waals surface area contributed by atoms with Gasteiger partial charge < -0.3 is 15.2 Å². The Bertz CT molecular complexity index is 647. The number of aryl methyl sites for hydroxylation is 1. The molecule has 2 rings (SSSR count). The van der Waals surface area contributed by atoms with Crippen molar-refractivity contribution >= 4 is 5.82 Å². The molecule has 1 aromatic heterocycles. The summed E-state index contributed by atoms with van der Waals surface area (Å²) in [5.74, 6) is 1.85. The molecule has 0 aliphatic carbocycles. The molecule has 0 bridgehead atoms. The van der Waals surface area contributed by atoms with E-state index in [0.29, 0.717) is 34.1 Å². The number of rotatable bonds is 3. The number of hydrogen-bond acceptors (Lipinski definition) is 6. The lowest BCUT2D eigenvalue weighted by atomic mass is 10.1. The van der Waals surface area contributed by atoms with Gasteiger partial charge in [-0.2, -0.15) is 5.26 Å². The molecule has 0 spiro atoms. The predicted molar refractivity (Wildman–Crippen MR) is 74.4 cm³/mol. The average molecular weight is 270 g/mol. The largest absolute Gasteiger partial charge is 0.497 e. The van der Waals surface area contributed by atoms with E-state index in [4.69, 9.17) is 20.5 Å². The van der Waals surface area contributed by atoms with E-state index >= 15 is 0 Å². The monoisotopic (exact) mass is 270 g/mol. The Hall–Kier alpha value is -2.81. The number of aromatic nitrogens is 2. The summed E-state index contributed by atoms with van der Waals surface area (Å²) in [6.07, 6.45) is 0. The molecule has 102 valence electrons. The highest BCUT2D eigenvalue weighted by molar-refractivity contribution is 5.64. The third kappa shape index (κ3) is 2.47. The summed E-state index contributed by atoms with van der Waals surface area (Å²) in [5.41, 5.74) is 7.32. The van der Waals surface area contributed by atoms with Gasteiger partial charge in [0.2, 0.25) is 0 Å². The Morgan fingerprint density at radius 1 is 1.10 bits per heavy atom. The van der Waals surface area contributed by atoms with E-state index in [1.54, 1.807) is 39.3 Å². The molecule has 0 radical (unpaired) electrons. The average Bonchev–Trinajstić information content (AvgIpc) is 2.46. The lowest BCUT2D eigenvalue weighted by Gasteiger charge is -2.09. The van der Waals surface area contributed by atoms with Crippen molar-refractivity contribution in [2.45, 2.75) is 6.92 Å². The minimum atomic E-state index is 0.164. The van der Waals surface area contributed by atoms with Crippen LogP contribution in [0.2, 0.25) is 0 Å². The topological polar surface area (TPSA) is 94.0 Å². The van der Waals surface area contributed by atoms with Crippen LogP contribution >= 0.6 is 0 Å². The summed E-state index contributed by atoms with van der Waals surface area (Å²) < 4.78 is 10.4. The van der Waals surface area contributed by atoms with E-state index in [2.05, 4.69) is 9.97 Å². The molecule has 2 N–H and O–H groups in total. The van der Waals surface area contributed by atoms with Gasteiger partial charge in [0.05, 0.1) is 19.9 Å². The molecule has 0 aliphatic rings. The molecule has 2 aromatic rings. The van der Waals surface area contributed by atoms with Gasteiger partial charge in [0.25, 0.3) is 0 Å². The van der Waals surface area contributed by atoms with Crippen molar-refractivity contribution in [2.24, 2.45) is 0 Å². The van der Waals surface area contributed by atoms with Crippen molar-refractivity contribution < 1.29 is 9.47 Å². The molecule has 20 heavy (non-hydrogen) atoms. The lowest BCUT2D eigenvalue weighted by Crippen LogP contribution is -2.03. The molecule has 0 fully saturated rings. The van der Waals surface area contributed by atoms with Gasteiger partial charge in [-0.3, -0.25) is 0 Å². The highest BCUT2D eigenvalue weighted by atomic mass is 16.5. The van der Waals surface area contributed by atoms with Gasteiger partial charge in [0.15, 0.2) is 5.82 Å². The zero-order valence-corrected chi connectivity index (χ0v) is 11.5. The second-order valence-corrected chi connectivity index (χ2v) is 4.11. The van der Waals surface area contributed by atoms with Gasteiger partial charge in [-0.05, 0) is 19.1 Å². The SMILES string of the molecule is COc1cc(OC)cc(-c2nc(C)c(C#N)c(N)n2)c1. The van der Waals surface area contributed by atoms with Crippen LogP contribution in [0.1, 0.15) is 11.3 Å². The van der Waals surface area contributed by atoms with Gasteiger partial charge in [-0.25, -0.2) is 9.97 Å². The maximum atomic E-state index is 8.98. The highest BCUT2D eigenvalue weighted by Crippen LogP contribution is 2.29. The molecule has 6 heteroatoms. The molecule has 1 aromatic carbocycles. The first-order chi connectivity index (χ1) is 9.58. The standard InChI is InChI=1S/C14H14N4O2/c1-8-12(7-15)13(16)18-14(17-8)9-4-10(19-2)6-11(5-9)20-3/h4-6H,1-3H3,(H2,16,17,18). The van der Waals surface area contributed by atoms with Crippen molar-refractivity contribution in [3.8, 4) is 29.0 Å². The van der Waals surface area contributed by atoms with Crippen LogP contribution in [-0.2, 0) is 0 Å². The van der Waals surface area contributed by atoms with Crippen LogP contribution in [0.15, 0.2) is 18.2 Å². The quantitative estimate of drug-likeness (QED) is 0.915. The molecule has 6 nitrogen and oxygen atoms in total. The molecular formula is C14H14N4O2. The van der Waals surface area contributed by atoms with Crippen molar-refractivity contribution in [3.63, 3.8) is 0 Å². The van der Waals surface area contributed by atoms with Crippen LogP contribution in [0.5, 0.6) is 11.5 Å². The fourth-order valence-corrected chi connectivity index (χ4v) is 1.80. The summed E-state index contributed by atoms with van der Waals surface area (Å²) in [4.78, 5) is 8.46. The van der Waals surface area contributed by atoms with Crippen molar-refractivity contribution in [1.82, 2.24) is 9.97 Å². The molecule has 0 saturated carbocycles. The number of nitrogens with two attached hydrogens (primary N) is 1. The number of methoxy groups -OCH3 is 2. The van der Waals surface area contributed by atoms with E-state index in [0.717, 1.165) is 0 Å². The second-order valence-electron chi connectivity index (χ2n) is 4.11. The van der Waals surface area contributed by atoms with Crippen LogP contribution in [0.3, 0.4) is 0 Å². The number of nitrogens with zero attached hydrogens (tertiary/aromatic N) is 3. The summed E-state index contributed by atoms with van der Waals surface area (Å²) in [6.45, 7) is 1.72. The maximum Gasteiger partial charge on any atom is 0.162 e. The van der Waals surface area contributed by atoms with Crippen molar-refractivity contribution in [2.75, 3.05) is 20.0 Å². The number of nitrogen functional groups attached to an aromatic ring is 1. The van der Waals surface area contributed by atoms with Crippen LogP contribution in [-0.4, -0.2) is 24.2 Å². The number of hydrogen-bond donors (Lipinski definition) is 1. The highest BCUT2D eigenvalue weighted by Gasteiger charge is 2.12. The lowest BCUT2D eigenvalue weighted by molar-refractivity contribution is 0.394. The summed E-state index contributed by atoms with van der Waals surface area (Å²) in [6, 6.07) is 7.30. The maximum absolute atomic E-state index is 8.98. The third-order valence-corrected chi connectivity index (χ3v) is 2.84. The van der Waals surface area contributed by atoms with Crippen molar-refractivity contribution in [3.05, 3.63) is 29.5 Å². The van der Waals surface area contributed by atoms with E-state index in [1.807, 2.05) is 6.07 Å². The Balaban J connectivity index is 2.60. The number of ether oxygens (including phenoxy) is 2. The zero-order valence-electron chi connectivity index (χ0n) is 11.5. The Morgan fingerprint density at radius 2 is 1.70 bits per heavy atom. The van der Waals surface area contributed by atoms with Crippen LogP contribution in [0.25, 0.3) is 11.4 Å². The molecular weight excluding hydrogens is 256 g/mol. The zero-order chi connectivity index (χ0) is 14.7. The Kier molecular flexibility index (Phi) is 3.71. The van der Waals surface area contributed by atoms with E-state index in [9.17, 15) is 0 Å². The van der Waals surface area contributed by atoms with Gasteiger partial charge in [-0.1, -0.05) is 0 Å². The molecule has 0 saturated heterocycles.